The number of rotatable bonds is 5. The molecule has 0 spiro atoms. The SMILES string of the molecule is Cl.O=C(NCC1CNC1)c1ccc(S(=O)(=O)N2CCCCCC2)cc1. The summed E-state index contributed by atoms with van der Waals surface area (Å²) in [5.74, 6) is 0.345. The number of nitrogens with one attached hydrogen (secondary N) is 2. The van der Waals surface area contributed by atoms with Gasteiger partial charge in [-0.05, 0) is 37.1 Å². The zero-order valence-electron chi connectivity index (χ0n) is 14.2. The minimum Gasteiger partial charge on any atom is -0.352 e. The number of benzene rings is 1. The van der Waals surface area contributed by atoms with Gasteiger partial charge in [0.1, 0.15) is 0 Å². The van der Waals surface area contributed by atoms with Crippen molar-refractivity contribution < 1.29 is 13.2 Å². The molecule has 1 amide bonds. The lowest BCUT2D eigenvalue weighted by Gasteiger charge is -2.27. The van der Waals surface area contributed by atoms with Crippen LogP contribution in [-0.4, -0.2) is 51.4 Å². The molecule has 2 N–H and O–H groups in total. The number of nitrogens with zero attached hydrogens (tertiary/aromatic N) is 1. The molecule has 2 aliphatic rings. The molecule has 2 heterocycles. The number of hydrogen-bond acceptors (Lipinski definition) is 4. The van der Waals surface area contributed by atoms with Gasteiger partial charge in [-0.2, -0.15) is 4.31 Å². The molecule has 2 fully saturated rings. The molecule has 1 aromatic rings. The zero-order chi connectivity index (χ0) is 17.0. The van der Waals surface area contributed by atoms with Gasteiger partial charge in [0.2, 0.25) is 10.0 Å². The topological polar surface area (TPSA) is 78.5 Å². The maximum Gasteiger partial charge on any atom is 0.251 e. The largest absolute Gasteiger partial charge is 0.352 e. The highest BCUT2D eigenvalue weighted by Crippen LogP contribution is 2.20. The monoisotopic (exact) mass is 387 g/mol. The zero-order valence-corrected chi connectivity index (χ0v) is 15.9. The van der Waals surface area contributed by atoms with Crippen LogP contribution in [0.3, 0.4) is 0 Å². The second-order valence-corrected chi connectivity index (χ2v) is 8.51. The summed E-state index contributed by atoms with van der Waals surface area (Å²) in [6.07, 6.45) is 3.99. The molecule has 0 bridgehead atoms. The fourth-order valence-electron chi connectivity index (χ4n) is 3.04. The first-order valence-electron chi connectivity index (χ1n) is 8.66. The first kappa shape index (κ1) is 20.2. The minimum absolute atomic E-state index is 0. The van der Waals surface area contributed by atoms with E-state index in [0.717, 1.165) is 38.8 Å². The van der Waals surface area contributed by atoms with E-state index < -0.39 is 10.0 Å². The summed E-state index contributed by atoms with van der Waals surface area (Å²) in [6.45, 7) is 3.69. The molecular formula is C17H26ClN3O3S. The van der Waals surface area contributed by atoms with Crippen LogP contribution < -0.4 is 10.6 Å². The number of amides is 1. The van der Waals surface area contributed by atoms with Crippen LogP contribution in [0.1, 0.15) is 36.0 Å². The second-order valence-electron chi connectivity index (χ2n) is 6.58. The van der Waals surface area contributed by atoms with Gasteiger partial charge >= 0.3 is 0 Å². The number of carbonyl (C=O) groups is 1. The number of hydrogen-bond donors (Lipinski definition) is 2. The summed E-state index contributed by atoms with van der Waals surface area (Å²) in [5, 5.41) is 6.05. The Bertz CT molecular complexity index is 667. The molecule has 0 radical (unpaired) electrons. The highest BCUT2D eigenvalue weighted by atomic mass is 35.5. The molecule has 6 nitrogen and oxygen atoms in total. The summed E-state index contributed by atoms with van der Waals surface area (Å²) < 4.78 is 27.0. The van der Waals surface area contributed by atoms with Crippen molar-refractivity contribution in [2.45, 2.75) is 30.6 Å². The van der Waals surface area contributed by atoms with Crippen molar-refractivity contribution in [3.05, 3.63) is 29.8 Å². The smallest absolute Gasteiger partial charge is 0.251 e. The molecule has 140 valence electrons. The van der Waals surface area contributed by atoms with Crippen molar-refractivity contribution in [3.63, 3.8) is 0 Å². The molecule has 2 aliphatic heterocycles. The van der Waals surface area contributed by atoms with Crippen molar-refractivity contribution >= 4 is 28.3 Å². The quantitative estimate of drug-likeness (QED) is 0.804. The lowest BCUT2D eigenvalue weighted by Crippen LogP contribution is -2.48. The van der Waals surface area contributed by atoms with E-state index in [9.17, 15) is 13.2 Å². The van der Waals surface area contributed by atoms with Crippen LogP contribution in [0.15, 0.2) is 29.2 Å². The Morgan fingerprint density at radius 3 is 2.20 bits per heavy atom. The Morgan fingerprint density at radius 1 is 1.08 bits per heavy atom. The van der Waals surface area contributed by atoms with E-state index in [1.807, 2.05) is 0 Å². The minimum atomic E-state index is -3.46. The summed E-state index contributed by atoms with van der Waals surface area (Å²) in [7, 11) is -3.46. The molecule has 1 aromatic carbocycles. The third-order valence-electron chi connectivity index (χ3n) is 4.74. The van der Waals surface area contributed by atoms with E-state index in [2.05, 4.69) is 10.6 Å². The molecule has 2 saturated heterocycles. The van der Waals surface area contributed by atoms with Gasteiger partial charge in [0.25, 0.3) is 5.91 Å². The first-order chi connectivity index (χ1) is 11.6. The molecule has 0 aliphatic carbocycles. The van der Waals surface area contributed by atoms with Gasteiger partial charge in [-0.3, -0.25) is 4.79 Å². The molecule has 0 unspecified atom stereocenters. The maximum absolute atomic E-state index is 12.7. The van der Waals surface area contributed by atoms with Gasteiger partial charge in [-0.25, -0.2) is 8.42 Å². The Kier molecular flexibility index (Phi) is 7.25. The van der Waals surface area contributed by atoms with Crippen LogP contribution in [0.5, 0.6) is 0 Å². The van der Waals surface area contributed by atoms with Crippen LogP contribution in [0.4, 0.5) is 0 Å². The fraction of sp³-hybridized carbons (Fsp3) is 0.588. The van der Waals surface area contributed by atoms with Crippen molar-refractivity contribution in [1.82, 2.24) is 14.9 Å². The van der Waals surface area contributed by atoms with E-state index in [1.165, 1.54) is 0 Å². The molecule has 8 heteroatoms. The maximum atomic E-state index is 12.7. The van der Waals surface area contributed by atoms with Crippen molar-refractivity contribution in [1.29, 1.82) is 0 Å². The first-order valence-corrected chi connectivity index (χ1v) is 10.1. The highest BCUT2D eigenvalue weighted by Gasteiger charge is 2.25. The predicted octanol–water partition coefficient (Wildman–Crippen LogP) is 1.62. The highest BCUT2D eigenvalue weighted by molar-refractivity contribution is 7.89. The molecule has 0 saturated carbocycles. The van der Waals surface area contributed by atoms with Crippen LogP contribution in [0.25, 0.3) is 0 Å². The predicted molar refractivity (Wildman–Crippen MR) is 99.6 cm³/mol. The molecule has 0 atom stereocenters. The molecule has 25 heavy (non-hydrogen) atoms. The molecular weight excluding hydrogens is 362 g/mol. The Hall–Kier alpha value is -1.15. The van der Waals surface area contributed by atoms with Crippen molar-refractivity contribution in [2.24, 2.45) is 5.92 Å². The summed E-state index contributed by atoms with van der Waals surface area (Å²) >= 11 is 0. The van der Waals surface area contributed by atoms with Gasteiger partial charge in [0, 0.05) is 44.2 Å². The summed E-state index contributed by atoms with van der Waals surface area (Å²) in [6, 6.07) is 6.28. The van der Waals surface area contributed by atoms with Gasteiger partial charge in [0.15, 0.2) is 0 Å². The lowest BCUT2D eigenvalue weighted by atomic mass is 10.0. The number of sulfonamides is 1. The Labute approximate surface area is 155 Å². The molecule has 0 aromatic heterocycles. The summed E-state index contributed by atoms with van der Waals surface area (Å²) in [4.78, 5) is 12.4. The van der Waals surface area contributed by atoms with E-state index in [4.69, 9.17) is 0 Å². The number of carbonyl (C=O) groups excluding carboxylic acids is 1. The van der Waals surface area contributed by atoms with Gasteiger partial charge < -0.3 is 10.6 Å². The van der Waals surface area contributed by atoms with E-state index in [1.54, 1.807) is 28.6 Å². The third-order valence-corrected chi connectivity index (χ3v) is 6.65. The average molecular weight is 388 g/mol. The lowest BCUT2D eigenvalue weighted by molar-refractivity contribution is 0.0942. The number of halogens is 1. The molecule has 3 rings (SSSR count). The Morgan fingerprint density at radius 2 is 1.68 bits per heavy atom. The van der Waals surface area contributed by atoms with Crippen LogP contribution in [-0.2, 0) is 10.0 Å². The third kappa shape index (κ3) is 4.94. The van der Waals surface area contributed by atoms with Gasteiger partial charge in [-0.15, -0.1) is 12.4 Å². The van der Waals surface area contributed by atoms with E-state index >= 15 is 0 Å². The second kappa shape index (κ2) is 8.98. The van der Waals surface area contributed by atoms with Crippen LogP contribution in [0, 0.1) is 5.92 Å². The van der Waals surface area contributed by atoms with E-state index in [-0.39, 0.29) is 23.2 Å². The van der Waals surface area contributed by atoms with Crippen molar-refractivity contribution in [3.8, 4) is 0 Å². The summed E-state index contributed by atoms with van der Waals surface area (Å²) in [5.41, 5.74) is 0.497. The normalized spacial score (nSPS) is 19.4. The van der Waals surface area contributed by atoms with E-state index in [0.29, 0.717) is 31.1 Å². The van der Waals surface area contributed by atoms with Crippen LogP contribution >= 0.6 is 12.4 Å². The van der Waals surface area contributed by atoms with Crippen LogP contribution in [0.2, 0.25) is 0 Å². The van der Waals surface area contributed by atoms with Gasteiger partial charge in [0.05, 0.1) is 4.90 Å². The van der Waals surface area contributed by atoms with Gasteiger partial charge in [-0.1, -0.05) is 12.8 Å². The van der Waals surface area contributed by atoms with Crippen molar-refractivity contribution in [2.75, 3.05) is 32.7 Å². The fourth-order valence-corrected chi connectivity index (χ4v) is 4.56. The Balaban J connectivity index is 0.00000225. The standard InChI is InChI=1S/C17H25N3O3S.ClH/c21-17(19-13-14-11-18-12-14)15-5-7-16(8-6-15)24(22,23)20-9-3-1-2-4-10-20;/h5-8,14,18H,1-4,9-13H2,(H,19,21);1H. The average Bonchev–Trinajstić information content (AvgIpc) is 2.83.